The Morgan fingerprint density at radius 2 is 2.19 bits per heavy atom. The van der Waals surface area contributed by atoms with Gasteiger partial charge >= 0.3 is 0 Å². The summed E-state index contributed by atoms with van der Waals surface area (Å²) in [6.45, 7) is 11.5. The standard InChI is InChI=1S/C19H31N5OS/c1-3-17-15-24(9-12-26-17)19(20-4-2)22-14-16-5-6-21-18(13-16)23-7-10-25-11-8-23/h5-6,13,17H,3-4,7-12,14-15H2,1-2H3,(H,20,22). The monoisotopic (exact) mass is 377 g/mol. The summed E-state index contributed by atoms with van der Waals surface area (Å²) in [5.74, 6) is 3.25. The molecular formula is C19H31N5OS. The maximum absolute atomic E-state index is 5.44. The van der Waals surface area contributed by atoms with Crippen LogP contribution in [-0.4, -0.2) is 72.8 Å². The number of aliphatic imine (C=N–C) groups is 1. The van der Waals surface area contributed by atoms with E-state index in [1.807, 2.05) is 6.20 Å². The third kappa shape index (κ3) is 5.27. The second-order valence-corrected chi connectivity index (χ2v) is 8.05. The van der Waals surface area contributed by atoms with E-state index in [0.717, 1.165) is 57.7 Å². The van der Waals surface area contributed by atoms with E-state index in [2.05, 4.69) is 57.8 Å². The molecule has 144 valence electrons. The lowest BCUT2D eigenvalue weighted by Crippen LogP contribution is -2.48. The molecule has 26 heavy (non-hydrogen) atoms. The van der Waals surface area contributed by atoms with Gasteiger partial charge in [-0.05, 0) is 31.0 Å². The molecule has 0 aliphatic carbocycles. The second kappa shape index (κ2) is 10.0. The number of pyridine rings is 1. The van der Waals surface area contributed by atoms with Gasteiger partial charge in [0.15, 0.2) is 5.96 Å². The fourth-order valence-corrected chi connectivity index (χ4v) is 4.46. The lowest BCUT2D eigenvalue weighted by atomic mass is 10.2. The van der Waals surface area contributed by atoms with Crippen LogP contribution in [0.5, 0.6) is 0 Å². The smallest absolute Gasteiger partial charge is 0.194 e. The fourth-order valence-electron chi connectivity index (χ4n) is 3.27. The summed E-state index contributed by atoms with van der Waals surface area (Å²) in [5, 5.41) is 4.18. The number of thioether (sulfide) groups is 1. The number of rotatable bonds is 5. The molecule has 3 heterocycles. The van der Waals surface area contributed by atoms with Gasteiger partial charge < -0.3 is 19.9 Å². The van der Waals surface area contributed by atoms with E-state index in [1.165, 1.54) is 17.7 Å². The maximum Gasteiger partial charge on any atom is 0.194 e. The fraction of sp³-hybridized carbons (Fsp3) is 0.684. The van der Waals surface area contributed by atoms with Gasteiger partial charge in [-0.2, -0.15) is 11.8 Å². The van der Waals surface area contributed by atoms with Gasteiger partial charge in [0, 0.05) is 49.9 Å². The highest BCUT2D eigenvalue weighted by atomic mass is 32.2. The Bertz CT molecular complexity index is 591. The van der Waals surface area contributed by atoms with Crippen LogP contribution in [0, 0.1) is 0 Å². The molecule has 7 heteroatoms. The summed E-state index contributed by atoms with van der Waals surface area (Å²) in [4.78, 5) is 14.1. The van der Waals surface area contributed by atoms with E-state index in [-0.39, 0.29) is 0 Å². The average Bonchev–Trinajstić information content (AvgIpc) is 2.72. The van der Waals surface area contributed by atoms with Gasteiger partial charge in [0.25, 0.3) is 0 Å². The molecule has 0 spiro atoms. The number of ether oxygens (including phenoxy) is 1. The van der Waals surface area contributed by atoms with Gasteiger partial charge in [-0.25, -0.2) is 9.98 Å². The van der Waals surface area contributed by atoms with E-state index >= 15 is 0 Å². The Kier molecular flexibility index (Phi) is 7.43. The first-order valence-corrected chi connectivity index (χ1v) is 10.8. The minimum Gasteiger partial charge on any atom is -0.378 e. The van der Waals surface area contributed by atoms with Crippen LogP contribution in [-0.2, 0) is 11.3 Å². The zero-order valence-electron chi connectivity index (χ0n) is 16.0. The lowest BCUT2D eigenvalue weighted by molar-refractivity contribution is 0.122. The van der Waals surface area contributed by atoms with E-state index in [0.29, 0.717) is 11.8 Å². The molecule has 0 saturated carbocycles. The predicted octanol–water partition coefficient (Wildman–Crippen LogP) is 2.21. The largest absolute Gasteiger partial charge is 0.378 e. The first-order valence-electron chi connectivity index (χ1n) is 9.72. The summed E-state index contributed by atoms with van der Waals surface area (Å²) in [6, 6.07) is 4.23. The summed E-state index contributed by atoms with van der Waals surface area (Å²) in [7, 11) is 0. The van der Waals surface area contributed by atoms with Crippen molar-refractivity contribution in [3.05, 3.63) is 23.9 Å². The third-order valence-corrected chi connectivity index (χ3v) is 6.16. The van der Waals surface area contributed by atoms with Crippen molar-refractivity contribution in [2.24, 2.45) is 4.99 Å². The molecule has 1 unspecified atom stereocenters. The first-order chi connectivity index (χ1) is 12.8. The van der Waals surface area contributed by atoms with E-state index < -0.39 is 0 Å². The van der Waals surface area contributed by atoms with Crippen molar-refractivity contribution in [1.29, 1.82) is 0 Å². The van der Waals surface area contributed by atoms with Crippen LogP contribution in [0.25, 0.3) is 0 Å². The molecular weight excluding hydrogens is 346 g/mol. The number of guanidine groups is 1. The maximum atomic E-state index is 5.44. The highest BCUT2D eigenvalue weighted by Crippen LogP contribution is 2.21. The highest BCUT2D eigenvalue weighted by molar-refractivity contribution is 8.00. The molecule has 1 aromatic heterocycles. The second-order valence-electron chi connectivity index (χ2n) is 6.64. The van der Waals surface area contributed by atoms with Gasteiger partial charge in [-0.3, -0.25) is 0 Å². The SMILES string of the molecule is CCNC(=NCc1ccnc(N2CCOCC2)c1)N1CCSC(CC)C1. The first kappa shape index (κ1) is 19.3. The topological polar surface area (TPSA) is 53.0 Å². The summed E-state index contributed by atoms with van der Waals surface area (Å²) >= 11 is 2.09. The van der Waals surface area contributed by atoms with Crippen molar-refractivity contribution in [2.45, 2.75) is 32.1 Å². The molecule has 0 aromatic carbocycles. The van der Waals surface area contributed by atoms with Crippen molar-refractivity contribution in [3.63, 3.8) is 0 Å². The van der Waals surface area contributed by atoms with E-state index in [9.17, 15) is 0 Å². The van der Waals surface area contributed by atoms with Gasteiger partial charge in [0.1, 0.15) is 5.82 Å². The van der Waals surface area contributed by atoms with Crippen LogP contribution in [0.3, 0.4) is 0 Å². The molecule has 6 nitrogen and oxygen atoms in total. The van der Waals surface area contributed by atoms with Crippen molar-refractivity contribution >= 4 is 23.5 Å². The number of morpholine rings is 1. The summed E-state index contributed by atoms with van der Waals surface area (Å²) < 4.78 is 5.44. The van der Waals surface area contributed by atoms with Crippen molar-refractivity contribution in [2.75, 3.05) is 56.6 Å². The molecule has 1 atom stereocenters. The zero-order chi connectivity index (χ0) is 18.2. The Morgan fingerprint density at radius 3 is 2.96 bits per heavy atom. The molecule has 2 fully saturated rings. The molecule has 1 N–H and O–H groups in total. The van der Waals surface area contributed by atoms with E-state index in [4.69, 9.17) is 9.73 Å². The lowest BCUT2D eigenvalue weighted by Gasteiger charge is -2.34. The molecule has 3 rings (SSSR count). The van der Waals surface area contributed by atoms with Gasteiger partial charge in [-0.1, -0.05) is 6.92 Å². The number of nitrogens with one attached hydrogen (secondary N) is 1. The normalized spacial score (nSPS) is 21.8. The Labute approximate surface area is 161 Å². The number of hydrogen-bond acceptors (Lipinski definition) is 5. The molecule has 1 aromatic rings. The zero-order valence-corrected chi connectivity index (χ0v) is 16.8. The molecule has 2 aliphatic rings. The van der Waals surface area contributed by atoms with Crippen LogP contribution in [0.1, 0.15) is 25.8 Å². The Morgan fingerprint density at radius 1 is 1.35 bits per heavy atom. The van der Waals surface area contributed by atoms with Crippen LogP contribution in [0.4, 0.5) is 5.82 Å². The number of anilines is 1. The van der Waals surface area contributed by atoms with Crippen LogP contribution >= 0.6 is 11.8 Å². The van der Waals surface area contributed by atoms with Crippen LogP contribution in [0.2, 0.25) is 0 Å². The number of nitrogens with zero attached hydrogens (tertiary/aromatic N) is 4. The molecule has 0 bridgehead atoms. The molecule has 2 aliphatic heterocycles. The van der Waals surface area contributed by atoms with E-state index in [1.54, 1.807) is 0 Å². The van der Waals surface area contributed by atoms with Crippen molar-refractivity contribution in [1.82, 2.24) is 15.2 Å². The number of aromatic nitrogens is 1. The van der Waals surface area contributed by atoms with Crippen LogP contribution < -0.4 is 10.2 Å². The molecule has 0 amide bonds. The quantitative estimate of drug-likeness (QED) is 0.627. The molecule has 0 radical (unpaired) electrons. The molecule has 2 saturated heterocycles. The minimum atomic E-state index is 0.683. The number of hydrogen-bond donors (Lipinski definition) is 1. The van der Waals surface area contributed by atoms with Crippen molar-refractivity contribution in [3.8, 4) is 0 Å². The van der Waals surface area contributed by atoms with Gasteiger partial charge in [0.05, 0.1) is 19.8 Å². The Hall–Kier alpha value is -1.47. The predicted molar refractivity (Wildman–Crippen MR) is 110 cm³/mol. The van der Waals surface area contributed by atoms with Crippen molar-refractivity contribution < 1.29 is 4.74 Å². The summed E-state index contributed by atoms with van der Waals surface area (Å²) in [6.07, 6.45) is 3.11. The van der Waals surface area contributed by atoms with Gasteiger partial charge in [-0.15, -0.1) is 0 Å². The average molecular weight is 378 g/mol. The van der Waals surface area contributed by atoms with Crippen LogP contribution in [0.15, 0.2) is 23.3 Å². The van der Waals surface area contributed by atoms with Gasteiger partial charge in [0.2, 0.25) is 0 Å². The Balaban J connectivity index is 1.67. The minimum absolute atomic E-state index is 0.683. The third-order valence-electron chi connectivity index (χ3n) is 4.78. The highest BCUT2D eigenvalue weighted by Gasteiger charge is 2.21. The summed E-state index contributed by atoms with van der Waals surface area (Å²) in [5.41, 5.74) is 1.20.